The van der Waals surface area contributed by atoms with Gasteiger partial charge in [-0.2, -0.15) is 0 Å². The van der Waals surface area contributed by atoms with Gasteiger partial charge in [-0.1, -0.05) is 35.9 Å². The van der Waals surface area contributed by atoms with E-state index in [9.17, 15) is 9.50 Å². The van der Waals surface area contributed by atoms with Crippen molar-refractivity contribution in [2.75, 3.05) is 13.2 Å². The lowest BCUT2D eigenvalue weighted by molar-refractivity contribution is -0.0106. The van der Waals surface area contributed by atoms with Crippen molar-refractivity contribution in [3.8, 4) is 0 Å². The first-order chi connectivity index (χ1) is 12.3. The second-order valence-corrected chi connectivity index (χ2v) is 7.26. The number of nitrogens with zero attached hydrogens (tertiary/aromatic N) is 1. The van der Waals surface area contributed by atoms with Gasteiger partial charge in [0.15, 0.2) is 0 Å². The van der Waals surface area contributed by atoms with Gasteiger partial charge in [-0.25, -0.2) is 4.39 Å². The molecule has 0 fully saturated rings. The highest BCUT2D eigenvalue weighted by Gasteiger charge is 2.15. The molecule has 0 radical (unpaired) electrons. The maximum atomic E-state index is 13.2. The highest BCUT2D eigenvalue weighted by atomic mass is 19.1. The van der Waals surface area contributed by atoms with Crippen molar-refractivity contribution in [2.45, 2.75) is 53.0 Å². The summed E-state index contributed by atoms with van der Waals surface area (Å²) in [5.41, 5.74) is 4.73. The Morgan fingerprint density at radius 1 is 1.04 bits per heavy atom. The number of aryl methyl sites for hydroxylation is 2. The molecule has 3 nitrogen and oxygen atoms in total. The van der Waals surface area contributed by atoms with Gasteiger partial charge in [0, 0.05) is 19.6 Å². The monoisotopic (exact) mass is 359 g/mol. The van der Waals surface area contributed by atoms with E-state index in [0.29, 0.717) is 19.7 Å². The zero-order chi connectivity index (χ0) is 19.1. The Morgan fingerprint density at radius 3 is 2.35 bits per heavy atom. The molecule has 2 aromatic rings. The third-order valence-corrected chi connectivity index (χ3v) is 4.30. The van der Waals surface area contributed by atoms with Gasteiger partial charge in [-0.3, -0.25) is 4.90 Å². The maximum Gasteiger partial charge on any atom is 0.123 e. The first-order valence-corrected chi connectivity index (χ1v) is 9.16. The summed E-state index contributed by atoms with van der Waals surface area (Å²) >= 11 is 0. The Morgan fingerprint density at radius 2 is 1.73 bits per heavy atom. The Labute approximate surface area is 156 Å². The second-order valence-electron chi connectivity index (χ2n) is 7.26. The van der Waals surface area contributed by atoms with E-state index in [0.717, 1.165) is 12.1 Å². The van der Waals surface area contributed by atoms with Gasteiger partial charge in [0.25, 0.3) is 0 Å². The van der Waals surface area contributed by atoms with Crippen LogP contribution in [0.25, 0.3) is 0 Å². The Kier molecular flexibility index (Phi) is 7.76. The van der Waals surface area contributed by atoms with Crippen LogP contribution in [0, 0.1) is 19.7 Å². The van der Waals surface area contributed by atoms with Crippen molar-refractivity contribution in [2.24, 2.45) is 0 Å². The average molecular weight is 359 g/mol. The fraction of sp³-hybridized carbons (Fsp3) is 0.455. The predicted molar refractivity (Wildman–Crippen MR) is 104 cm³/mol. The van der Waals surface area contributed by atoms with Crippen LogP contribution in [-0.4, -0.2) is 35.4 Å². The number of benzene rings is 2. The van der Waals surface area contributed by atoms with Crippen molar-refractivity contribution >= 4 is 0 Å². The summed E-state index contributed by atoms with van der Waals surface area (Å²) in [6.45, 7) is 10.3. The van der Waals surface area contributed by atoms with Gasteiger partial charge in [-0.15, -0.1) is 0 Å². The highest BCUT2D eigenvalue weighted by molar-refractivity contribution is 5.30. The molecule has 0 aliphatic carbocycles. The van der Waals surface area contributed by atoms with Crippen LogP contribution in [0.4, 0.5) is 4.39 Å². The van der Waals surface area contributed by atoms with E-state index in [1.54, 1.807) is 12.1 Å². The van der Waals surface area contributed by atoms with Crippen LogP contribution >= 0.6 is 0 Å². The molecule has 1 atom stereocenters. The molecular formula is C22H30FNO2. The van der Waals surface area contributed by atoms with Crippen molar-refractivity contribution in [3.63, 3.8) is 0 Å². The van der Waals surface area contributed by atoms with E-state index >= 15 is 0 Å². The molecular weight excluding hydrogens is 329 g/mol. The van der Waals surface area contributed by atoms with Crippen LogP contribution in [0.15, 0.2) is 42.5 Å². The number of rotatable bonds is 9. The molecule has 26 heavy (non-hydrogen) atoms. The second kappa shape index (κ2) is 9.81. The zero-order valence-electron chi connectivity index (χ0n) is 16.2. The minimum atomic E-state index is -0.566. The molecule has 2 rings (SSSR count). The maximum absolute atomic E-state index is 13.2. The van der Waals surface area contributed by atoms with Crippen molar-refractivity contribution in [1.29, 1.82) is 0 Å². The van der Waals surface area contributed by atoms with Gasteiger partial charge in [-0.05, 0) is 56.5 Å². The minimum Gasteiger partial charge on any atom is -0.389 e. The molecule has 0 aliphatic rings. The van der Waals surface area contributed by atoms with E-state index in [1.807, 2.05) is 13.8 Å². The summed E-state index contributed by atoms with van der Waals surface area (Å²) in [6.07, 6.45) is -0.474. The van der Waals surface area contributed by atoms with Crippen LogP contribution in [0.1, 0.15) is 36.1 Å². The highest BCUT2D eigenvalue weighted by Crippen LogP contribution is 2.16. The molecule has 0 unspecified atom stereocenters. The largest absolute Gasteiger partial charge is 0.389 e. The Hall–Kier alpha value is -1.75. The van der Waals surface area contributed by atoms with E-state index in [1.165, 1.54) is 28.8 Å². The first-order valence-electron chi connectivity index (χ1n) is 9.16. The molecule has 0 heterocycles. The smallest absolute Gasteiger partial charge is 0.123 e. The molecule has 4 heteroatoms. The SMILES string of the molecule is Cc1ccc(CN(Cc2ccc(F)cc2)C[C@@H](O)COC(C)C)c(C)c1. The standard InChI is InChI=1S/C22H30FNO2/c1-16(2)26-15-22(25)14-24(12-19-6-9-21(23)10-7-19)13-20-8-5-17(3)11-18(20)4/h5-11,16,22,25H,12-15H2,1-4H3/t22-/m1/s1. The molecule has 0 aliphatic heterocycles. The van der Waals surface area contributed by atoms with Crippen LogP contribution in [0.3, 0.4) is 0 Å². The van der Waals surface area contributed by atoms with Crippen LogP contribution in [-0.2, 0) is 17.8 Å². The number of hydrogen-bond donors (Lipinski definition) is 1. The summed E-state index contributed by atoms with van der Waals surface area (Å²) in [7, 11) is 0. The lowest BCUT2D eigenvalue weighted by Gasteiger charge is -2.26. The molecule has 0 amide bonds. The van der Waals surface area contributed by atoms with Gasteiger partial charge < -0.3 is 9.84 Å². The quantitative estimate of drug-likeness (QED) is 0.727. The average Bonchev–Trinajstić information content (AvgIpc) is 2.57. The van der Waals surface area contributed by atoms with Crippen LogP contribution in [0.5, 0.6) is 0 Å². The minimum absolute atomic E-state index is 0.0922. The zero-order valence-corrected chi connectivity index (χ0v) is 16.2. The molecule has 0 aromatic heterocycles. The fourth-order valence-corrected chi connectivity index (χ4v) is 2.95. The molecule has 0 saturated heterocycles. The number of aliphatic hydroxyl groups is 1. The fourth-order valence-electron chi connectivity index (χ4n) is 2.95. The lowest BCUT2D eigenvalue weighted by Crippen LogP contribution is -2.35. The number of ether oxygens (including phenoxy) is 1. The van der Waals surface area contributed by atoms with Gasteiger partial charge >= 0.3 is 0 Å². The van der Waals surface area contributed by atoms with Gasteiger partial charge in [0.2, 0.25) is 0 Å². The lowest BCUT2D eigenvalue weighted by atomic mass is 10.0. The van der Waals surface area contributed by atoms with E-state index in [4.69, 9.17) is 4.74 Å². The molecule has 142 valence electrons. The Balaban J connectivity index is 2.10. The third kappa shape index (κ3) is 6.87. The first kappa shape index (κ1) is 20.6. The Bertz CT molecular complexity index is 685. The number of aliphatic hydroxyl groups excluding tert-OH is 1. The topological polar surface area (TPSA) is 32.7 Å². The van der Waals surface area contributed by atoms with Crippen molar-refractivity contribution < 1.29 is 14.2 Å². The molecule has 1 N–H and O–H groups in total. The third-order valence-electron chi connectivity index (χ3n) is 4.30. The summed E-state index contributed by atoms with van der Waals surface area (Å²) in [5, 5.41) is 10.4. The van der Waals surface area contributed by atoms with E-state index in [2.05, 4.69) is 36.9 Å². The van der Waals surface area contributed by atoms with Crippen LogP contribution in [0.2, 0.25) is 0 Å². The molecule has 2 aromatic carbocycles. The molecule has 0 saturated carbocycles. The van der Waals surface area contributed by atoms with Gasteiger partial charge in [0.05, 0.1) is 18.8 Å². The predicted octanol–water partition coefficient (Wildman–Crippen LogP) is 4.23. The van der Waals surface area contributed by atoms with Crippen molar-refractivity contribution in [1.82, 2.24) is 4.90 Å². The summed E-state index contributed by atoms with van der Waals surface area (Å²) < 4.78 is 18.7. The van der Waals surface area contributed by atoms with Crippen LogP contribution < -0.4 is 0 Å². The molecule has 0 spiro atoms. The summed E-state index contributed by atoms with van der Waals surface area (Å²) in [6, 6.07) is 13.0. The van der Waals surface area contributed by atoms with E-state index < -0.39 is 6.10 Å². The van der Waals surface area contributed by atoms with Gasteiger partial charge in [0.1, 0.15) is 5.82 Å². The summed E-state index contributed by atoms with van der Waals surface area (Å²) in [5.74, 6) is -0.236. The number of hydrogen-bond acceptors (Lipinski definition) is 3. The normalized spacial score (nSPS) is 12.8. The number of halogens is 1. The summed E-state index contributed by atoms with van der Waals surface area (Å²) in [4.78, 5) is 2.18. The van der Waals surface area contributed by atoms with E-state index in [-0.39, 0.29) is 11.9 Å². The van der Waals surface area contributed by atoms with Crippen molar-refractivity contribution in [3.05, 3.63) is 70.5 Å². The molecule has 0 bridgehead atoms.